The molecule has 0 aromatic carbocycles. The van der Waals surface area contributed by atoms with Crippen LogP contribution in [0.1, 0.15) is 252 Å². The van der Waals surface area contributed by atoms with E-state index in [4.69, 9.17) is 47.4 Å². The molecule has 0 radical (unpaired) electrons. The lowest BCUT2D eigenvalue weighted by Crippen LogP contribution is -2.71. The molecule has 0 aromatic heterocycles. The lowest BCUT2D eigenvalue weighted by Gasteiger charge is -2.51. The van der Waals surface area contributed by atoms with E-state index in [1.54, 1.807) is 6.08 Å². The fourth-order valence-electron chi connectivity index (χ4n) is 15.3. The Bertz CT molecular complexity index is 2610. The summed E-state index contributed by atoms with van der Waals surface area (Å²) in [5.74, 6) is -7.23. The molecule has 0 saturated carbocycles. The van der Waals surface area contributed by atoms with E-state index in [1.807, 2.05) is 6.08 Å². The maximum Gasteiger partial charge on any atom is 0.364 e. The number of nitrogens with one attached hydrogen (secondary N) is 3. The lowest BCUT2D eigenvalue weighted by atomic mass is 9.88. The molecule has 34 nitrogen and oxygen atoms in total. The van der Waals surface area contributed by atoms with Gasteiger partial charge in [-0.15, -0.1) is 0 Å². The molecule has 28 atom stereocenters. The Kier molecular flexibility index (Phi) is 48.5. The van der Waals surface area contributed by atoms with Crippen LogP contribution in [0.3, 0.4) is 0 Å². The molecule has 10 unspecified atom stereocenters. The van der Waals surface area contributed by atoms with Crippen molar-refractivity contribution in [1.29, 1.82) is 0 Å². The topological polar surface area (TPSA) is 541 Å². The highest BCUT2D eigenvalue weighted by Crippen LogP contribution is 2.39. The van der Waals surface area contributed by atoms with Crippen LogP contribution in [0.25, 0.3) is 0 Å². The first-order valence-electron chi connectivity index (χ1n) is 42.1. The predicted molar refractivity (Wildman–Crippen MR) is 406 cm³/mol. The quantitative estimate of drug-likeness (QED) is 0.0301. The second-order valence-corrected chi connectivity index (χ2v) is 31.4. The molecule has 0 aliphatic carbocycles. The second kappa shape index (κ2) is 54.7. The number of ether oxygens (including phenoxy) is 10. The van der Waals surface area contributed by atoms with Crippen molar-refractivity contribution in [2.45, 2.75) is 424 Å². The maximum absolute atomic E-state index is 13.6. The van der Waals surface area contributed by atoms with E-state index in [0.717, 1.165) is 65.2 Å². The van der Waals surface area contributed by atoms with Crippen LogP contribution in [0.4, 0.5) is 0 Å². The van der Waals surface area contributed by atoms with Gasteiger partial charge in [0, 0.05) is 26.7 Å². The lowest BCUT2D eigenvalue weighted by molar-refractivity contribution is -0.384. The van der Waals surface area contributed by atoms with Crippen molar-refractivity contribution in [3.8, 4) is 0 Å². The number of aliphatic hydroxyl groups excluding tert-OH is 16. The normalized spacial score (nSPS) is 33.4. The SMILES string of the molecule is CCCCCCCCCCCCC/C=C/[C@@H](O)[C@H](CO[C@@H]1OC(CO)[C@@H](O[C@@H]2OC(CO)[C@H](O)[C@H](O[C@@H]3OC(CO[C@]4(C(=O)O)CC(O)[C@@H](NC(C)=O)C([C@H](O)[C@H](O)CO)O4)[C@@H](O)[C@H](O[C@@H]4OC(CO)[C@H](O)[C@H](O)C4O)C3NC(C)=O)C2O)[C@H](O)C1O)NC(=O)CCCCCCCCCCCCCCCCCCCCCCC. The molecule has 0 spiro atoms. The van der Waals surface area contributed by atoms with Crippen molar-refractivity contribution < 1.29 is 153 Å². The van der Waals surface area contributed by atoms with Crippen molar-refractivity contribution in [2.75, 3.05) is 39.6 Å². The van der Waals surface area contributed by atoms with Crippen LogP contribution >= 0.6 is 0 Å². The number of amides is 3. The molecule has 5 aliphatic heterocycles. The van der Waals surface area contributed by atoms with Gasteiger partial charge >= 0.3 is 5.97 Å². The van der Waals surface area contributed by atoms with Crippen LogP contribution in [0, 0.1) is 0 Å². The largest absolute Gasteiger partial charge is 0.477 e. The summed E-state index contributed by atoms with van der Waals surface area (Å²) in [6.07, 6.45) is -6.76. The summed E-state index contributed by atoms with van der Waals surface area (Å²) in [6.45, 7) is 0.566. The van der Waals surface area contributed by atoms with Gasteiger partial charge in [0.1, 0.15) is 116 Å². The molecular weight excluding hydrogens is 1490 g/mol. The van der Waals surface area contributed by atoms with Gasteiger partial charge in [-0.2, -0.15) is 0 Å². The van der Waals surface area contributed by atoms with E-state index in [1.165, 1.54) is 148 Å². The Morgan fingerprint density at radius 2 is 0.894 bits per heavy atom. The molecular formula is C79H143N3O31. The third kappa shape index (κ3) is 32.9. The Morgan fingerprint density at radius 1 is 0.469 bits per heavy atom. The van der Waals surface area contributed by atoms with Gasteiger partial charge in [0.15, 0.2) is 25.2 Å². The third-order valence-electron chi connectivity index (χ3n) is 22.1. The minimum absolute atomic E-state index is 0.158. The van der Waals surface area contributed by atoms with Gasteiger partial charge in [0.05, 0.1) is 63.9 Å². The van der Waals surface area contributed by atoms with Gasteiger partial charge in [-0.1, -0.05) is 219 Å². The highest BCUT2D eigenvalue weighted by molar-refractivity contribution is 5.77. The first-order chi connectivity index (χ1) is 54.2. The predicted octanol–water partition coefficient (Wildman–Crippen LogP) is 1.30. The number of aliphatic hydroxyl groups is 16. The maximum atomic E-state index is 13.6. The molecule has 5 fully saturated rings. The van der Waals surface area contributed by atoms with E-state index < -0.39 is 235 Å². The molecule has 5 heterocycles. The Morgan fingerprint density at radius 3 is 1.38 bits per heavy atom. The zero-order valence-electron chi connectivity index (χ0n) is 67.1. The van der Waals surface area contributed by atoms with Crippen LogP contribution in [-0.4, -0.2) is 321 Å². The summed E-state index contributed by atoms with van der Waals surface area (Å²) in [4.78, 5) is 52.3. The average molecular weight is 1630 g/mol. The first kappa shape index (κ1) is 100. The number of aliphatic carboxylic acids is 1. The number of hydrogen-bond acceptors (Lipinski definition) is 30. The van der Waals surface area contributed by atoms with Gasteiger partial charge in [0.2, 0.25) is 17.7 Å². The smallest absolute Gasteiger partial charge is 0.364 e. The number of unbranched alkanes of at least 4 members (excludes halogenated alkanes) is 31. The Hall–Kier alpha value is -3.42. The third-order valence-corrected chi connectivity index (χ3v) is 22.1. The average Bonchev–Trinajstić information content (AvgIpc) is 0.765. The summed E-state index contributed by atoms with van der Waals surface area (Å²) in [6, 6.07) is -4.70. The van der Waals surface area contributed by atoms with Crippen LogP contribution in [0.5, 0.6) is 0 Å². The van der Waals surface area contributed by atoms with E-state index in [-0.39, 0.29) is 12.3 Å². The van der Waals surface area contributed by atoms with E-state index in [0.29, 0.717) is 12.8 Å². The van der Waals surface area contributed by atoms with E-state index in [9.17, 15) is 106 Å². The fourth-order valence-corrected chi connectivity index (χ4v) is 15.3. The monoisotopic (exact) mass is 1630 g/mol. The van der Waals surface area contributed by atoms with Crippen molar-refractivity contribution in [3.05, 3.63) is 12.2 Å². The number of carboxylic acids is 1. The minimum atomic E-state index is -3.10. The standard InChI is InChI=1S/C79H143N3O31/c1-5-7-9-11-13-15-17-19-20-21-22-23-24-25-26-28-30-32-34-36-38-40-58(92)82-50(51(89)39-37-35-33-31-29-27-18-16-14-12-10-8-6-2)46-104-75-68(100)66(98)70(56(45-86)108-75)110-77-69(101)73(63(95)55(44-85)107-77)112-74-60(81-49(4)88)71(111-76-67(99)65(97)62(94)54(43-84)106-76)64(96)57(109-74)47-105-79(78(102)103)41-52(90)59(80-48(3)87)72(113-79)61(93)53(91)42-83/h37,39,50-57,59-77,83-86,89-91,93-101H,5-36,38,40-47H2,1-4H3,(H,80,87)(H,81,88)(H,82,92)(H,102,103)/b39-37+/t50-,51+,52?,53+,54?,55?,56?,57?,59+,60?,61+,62-,63-,64+,65-,66+,67?,68?,69?,70+,71+,72?,73-,74-,75+,76-,77-,79+/m0/s1. The Labute approximate surface area is 665 Å². The highest BCUT2D eigenvalue weighted by atomic mass is 16.8. The number of carbonyl (C=O) groups is 4. The van der Waals surface area contributed by atoms with Gasteiger partial charge in [-0.25, -0.2) is 4.79 Å². The summed E-state index contributed by atoms with van der Waals surface area (Å²) < 4.78 is 59.4. The molecule has 113 heavy (non-hydrogen) atoms. The van der Waals surface area contributed by atoms with Gasteiger partial charge < -0.3 is 150 Å². The zero-order chi connectivity index (χ0) is 83.0. The number of carbonyl (C=O) groups excluding carboxylic acids is 3. The number of carboxylic acid groups (broad SMARTS) is 1. The van der Waals surface area contributed by atoms with E-state index in [2.05, 4.69) is 29.8 Å². The molecule has 5 aliphatic rings. The van der Waals surface area contributed by atoms with Crippen LogP contribution in [0.15, 0.2) is 12.2 Å². The van der Waals surface area contributed by atoms with Crippen LogP contribution in [0.2, 0.25) is 0 Å². The molecule has 0 aromatic rings. The number of rotatable bonds is 58. The summed E-state index contributed by atoms with van der Waals surface area (Å²) in [5.41, 5.74) is 0. The summed E-state index contributed by atoms with van der Waals surface area (Å²) >= 11 is 0. The molecule has 5 saturated heterocycles. The highest BCUT2D eigenvalue weighted by Gasteiger charge is 2.60. The van der Waals surface area contributed by atoms with Crippen molar-refractivity contribution in [3.63, 3.8) is 0 Å². The van der Waals surface area contributed by atoms with Crippen LogP contribution < -0.4 is 16.0 Å². The molecule has 20 N–H and O–H groups in total. The zero-order valence-corrected chi connectivity index (χ0v) is 67.1. The van der Waals surface area contributed by atoms with Crippen LogP contribution in [-0.2, 0) is 66.5 Å². The summed E-state index contributed by atoms with van der Waals surface area (Å²) in [7, 11) is 0. The molecule has 34 heteroatoms. The fraction of sp³-hybridized carbons (Fsp3) is 0.924. The Balaban J connectivity index is 1.28. The molecule has 3 amide bonds. The molecule has 660 valence electrons. The number of allylic oxidation sites excluding steroid dienone is 1. The van der Waals surface area contributed by atoms with Gasteiger partial charge in [-0.05, 0) is 19.3 Å². The van der Waals surface area contributed by atoms with E-state index >= 15 is 0 Å². The van der Waals surface area contributed by atoms with Gasteiger partial charge in [0.25, 0.3) is 5.79 Å². The van der Waals surface area contributed by atoms with Crippen molar-refractivity contribution >= 4 is 23.7 Å². The molecule has 0 bridgehead atoms. The minimum Gasteiger partial charge on any atom is -0.477 e. The van der Waals surface area contributed by atoms with Crippen molar-refractivity contribution in [2.24, 2.45) is 0 Å². The van der Waals surface area contributed by atoms with Gasteiger partial charge in [-0.3, -0.25) is 14.4 Å². The summed E-state index contributed by atoms with van der Waals surface area (Å²) in [5, 5.41) is 196. The van der Waals surface area contributed by atoms with Crippen molar-refractivity contribution in [1.82, 2.24) is 16.0 Å². The first-order valence-corrected chi connectivity index (χ1v) is 42.1. The second-order valence-electron chi connectivity index (χ2n) is 31.4. The number of hydrogen-bond donors (Lipinski definition) is 20. The molecule has 5 rings (SSSR count).